The van der Waals surface area contributed by atoms with Gasteiger partial charge in [0.15, 0.2) is 0 Å². The lowest BCUT2D eigenvalue weighted by atomic mass is 9.85. The Hall–Kier alpha value is -0.930. The van der Waals surface area contributed by atoms with Gasteiger partial charge in [-0.25, -0.2) is 0 Å². The van der Waals surface area contributed by atoms with Crippen molar-refractivity contribution in [1.29, 1.82) is 0 Å². The molecule has 3 rings (SSSR count). The van der Waals surface area contributed by atoms with Crippen LogP contribution in [0.25, 0.3) is 0 Å². The van der Waals surface area contributed by atoms with E-state index in [4.69, 9.17) is 5.73 Å². The second-order valence-electron chi connectivity index (χ2n) is 5.01. The molecule has 0 atom stereocenters. The van der Waals surface area contributed by atoms with Gasteiger partial charge in [-0.1, -0.05) is 6.07 Å². The number of nitrogens with two attached hydrogens (primary N) is 1. The van der Waals surface area contributed by atoms with Crippen molar-refractivity contribution in [2.75, 3.05) is 13.1 Å². The first-order valence-corrected chi connectivity index (χ1v) is 5.66. The number of hydrogen-bond acceptors (Lipinski definition) is 3. The summed E-state index contributed by atoms with van der Waals surface area (Å²) >= 11 is 0. The van der Waals surface area contributed by atoms with E-state index in [0.717, 1.165) is 25.6 Å². The van der Waals surface area contributed by atoms with Crippen LogP contribution in [0.3, 0.4) is 0 Å². The van der Waals surface area contributed by atoms with Crippen LogP contribution in [0.1, 0.15) is 18.4 Å². The molecule has 2 N–H and O–H groups in total. The van der Waals surface area contributed by atoms with Crippen molar-refractivity contribution in [3.05, 3.63) is 30.1 Å². The van der Waals surface area contributed by atoms with E-state index in [1.54, 1.807) is 0 Å². The molecule has 80 valence electrons. The van der Waals surface area contributed by atoms with Crippen molar-refractivity contribution < 1.29 is 0 Å². The van der Waals surface area contributed by atoms with Crippen molar-refractivity contribution in [3.8, 4) is 0 Å². The normalized spacial score (nSPS) is 24.9. The van der Waals surface area contributed by atoms with Crippen LogP contribution in [0.4, 0.5) is 0 Å². The molecule has 0 amide bonds. The van der Waals surface area contributed by atoms with Crippen LogP contribution in [-0.4, -0.2) is 28.5 Å². The second-order valence-corrected chi connectivity index (χ2v) is 5.01. The molecule has 1 aliphatic carbocycles. The van der Waals surface area contributed by atoms with Gasteiger partial charge in [-0.2, -0.15) is 0 Å². The first kappa shape index (κ1) is 9.31. The van der Waals surface area contributed by atoms with E-state index in [0.29, 0.717) is 0 Å². The van der Waals surface area contributed by atoms with Crippen LogP contribution < -0.4 is 5.73 Å². The summed E-state index contributed by atoms with van der Waals surface area (Å²) in [5, 5.41) is 0. The summed E-state index contributed by atoms with van der Waals surface area (Å²) in [4.78, 5) is 6.53. The molecule has 1 saturated heterocycles. The highest BCUT2D eigenvalue weighted by atomic mass is 15.3. The van der Waals surface area contributed by atoms with E-state index in [-0.39, 0.29) is 5.54 Å². The predicted octanol–water partition coefficient (Wildman–Crippen LogP) is 1.00. The maximum atomic E-state index is 6.29. The molecule has 0 radical (unpaired) electrons. The summed E-state index contributed by atoms with van der Waals surface area (Å²) < 4.78 is 0. The van der Waals surface area contributed by atoms with Gasteiger partial charge in [0.2, 0.25) is 0 Å². The molecule has 1 saturated carbocycles. The van der Waals surface area contributed by atoms with E-state index >= 15 is 0 Å². The summed E-state index contributed by atoms with van der Waals surface area (Å²) in [5.41, 5.74) is 7.72. The molecule has 1 aromatic rings. The average Bonchev–Trinajstić information content (AvgIpc) is 3.00. The molecule has 0 bridgehead atoms. The molecule has 0 aromatic carbocycles. The highest BCUT2D eigenvalue weighted by Crippen LogP contribution is 2.43. The standard InChI is InChI=1S/C12H17N3/c13-12(11-3-4-11)8-15(9-12)7-10-2-1-5-14-6-10/h1-2,5-6,11H,3-4,7-9,13H2. The number of nitrogens with zero attached hydrogens (tertiary/aromatic N) is 2. The van der Waals surface area contributed by atoms with Gasteiger partial charge in [-0.15, -0.1) is 0 Å². The van der Waals surface area contributed by atoms with Crippen LogP contribution in [-0.2, 0) is 6.54 Å². The molecule has 3 heteroatoms. The number of hydrogen-bond donors (Lipinski definition) is 1. The van der Waals surface area contributed by atoms with E-state index in [2.05, 4.69) is 16.0 Å². The molecule has 1 aromatic heterocycles. The Labute approximate surface area is 90.3 Å². The topological polar surface area (TPSA) is 42.1 Å². The number of aromatic nitrogens is 1. The summed E-state index contributed by atoms with van der Waals surface area (Å²) in [5.74, 6) is 0.808. The summed E-state index contributed by atoms with van der Waals surface area (Å²) in [7, 11) is 0. The highest BCUT2D eigenvalue weighted by molar-refractivity contribution is 5.13. The average molecular weight is 203 g/mol. The maximum absolute atomic E-state index is 6.29. The van der Waals surface area contributed by atoms with Crippen LogP contribution >= 0.6 is 0 Å². The van der Waals surface area contributed by atoms with Gasteiger partial charge in [0.05, 0.1) is 0 Å². The van der Waals surface area contributed by atoms with Crippen molar-refractivity contribution in [1.82, 2.24) is 9.88 Å². The molecule has 2 fully saturated rings. The van der Waals surface area contributed by atoms with Gasteiger partial charge < -0.3 is 5.73 Å². The number of rotatable bonds is 3. The van der Waals surface area contributed by atoms with Gasteiger partial charge >= 0.3 is 0 Å². The molecule has 0 spiro atoms. The lowest BCUT2D eigenvalue weighted by Gasteiger charge is -2.48. The third kappa shape index (κ3) is 1.77. The van der Waals surface area contributed by atoms with Crippen molar-refractivity contribution in [2.45, 2.75) is 24.9 Å². The fourth-order valence-corrected chi connectivity index (χ4v) is 2.56. The van der Waals surface area contributed by atoms with Gasteiger partial charge in [-0.3, -0.25) is 9.88 Å². The van der Waals surface area contributed by atoms with Crippen LogP contribution in [0.5, 0.6) is 0 Å². The second kappa shape index (κ2) is 3.29. The SMILES string of the molecule is NC1(C2CC2)CN(Cc2cccnc2)C1. The Kier molecular flexibility index (Phi) is 2.04. The molecular formula is C12H17N3. The molecule has 0 unspecified atom stereocenters. The lowest BCUT2D eigenvalue weighted by Crippen LogP contribution is -2.68. The maximum Gasteiger partial charge on any atom is 0.0441 e. The number of likely N-dealkylation sites (tertiary alicyclic amines) is 1. The smallest absolute Gasteiger partial charge is 0.0441 e. The molecular weight excluding hydrogens is 186 g/mol. The molecule has 2 heterocycles. The first-order chi connectivity index (χ1) is 7.26. The minimum atomic E-state index is 0.141. The first-order valence-electron chi connectivity index (χ1n) is 5.66. The van der Waals surface area contributed by atoms with Crippen LogP contribution in [0, 0.1) is 5.92 Å². The zero-order chi connectivity index (χ0) is 10.3. The fourth-order valence-electron chi connectivity index (χ4n) is 2.56. The van der Waals surface area contributed by atoms with Crippen LogP contribution in [0.15, 0.2) is 24.5 Å². The zero-order valence-electron chi connectivity index (χ0n) is 8.89. The van der Waals surface area contributed by atoms with E-state index in [1.165, 1.54) is 18.4 Å². The molecule has 1 aliphatic heterocycles. The van der Waals surface area contributed by atoms with Crippen molar-refractivity contribution >= 4 is 0 Å². The third-order valence-electron chi connectivity index (χ3n) is 3.56. The van der Waals surface area contributed by atoms with E-state index < -0.39 is 0 Å². The Morgan fingerprint density at radius 2 is 2.27 bits per heavy atom. The van der Waals surface area contributed by atoms with Gasteiger partial charge in [0.1, 0.15) is 0 Å². The zero-order valence-corrected chi connectivity index (χ0v) is 8.89. The number of pyridine rings is 1. The van der Waals surface area contributed by atoms with E-state index in [9.17, 15) is 0 Å². The minimum absolute atomic E-state index is 0.141. The Bertz CT molecular complexity index is 339. The Balaban J connectivity index is 1.55. The summed E-state index contributed by atoms with van der Waals surface area (Å²) in [6, 6.07) is 4.12. The van der Waals surface area contributed by atoms with Crippen molar-refractivity contribution in [2.24, 2.45) is 11.7 Å². The Morgan fingerprint density at radius 1 is 1.47 bits per heavy atom. The van der Waals surface area contributed by atoms with Crippen LogP contribution in [0.2, 0.25) is 0 Å². The molecule has 2 aliphatic rings. The lowest BCUT2D eigenvalue weighted by molar-refractivity contribution is 0.0477. The highest BCUT2D eigenvalue weighted by Gasteiger charge is 2.49. The largest absolute Gasteiger partial charge is 0.323 e. The van der Waals surface area contributed by atoms with Gasteiger partial charge in [0.25, 0.3) is 0 Å². The Morgan fingerprint density at radius 3 is 2.87 bits per heavy atom. The monoisotopic (exact) mass is 203 g/mol. The minimum Gasteiger partial charge on any atom is -0.323 e. The van der Waals surface area contributed by atoms with E-state index in [1.807, 2.05) is 18.5 Å². The molecule has 3 nitrogen and oxygen atoms in total. The predicted molar refractivity (Wildman–Crippen MR) is 59.2 cm³/mol. The molecule has 15 heavy (non-hydrogen) atoms. The third-order valence-corrected chi connectivity index (χ3v) is 3.56. The van der Waals surface area contributed by atoms with Gasteiger partial charge in [0, 0.05) is 37.6 Å². The summed E-state index contributed by atoms with van der Waals surface area (Å²) in [6.45, 7) is 3.12. The fraction of sp³-hybridized carbons (Fsp3) is 0.583. The van der Waals surface area contributed by atoms with Gasteiger partial charge in [-0.05, 0) is 30.4 Å². The summed E-state index contributed by atoms with van der Waals surface area (Å²) in [6.07, 6.45) is 6.44. The quantitative estimate of drug-likeness (QED) is 0.797. The van der Waals surface area contributed by atoms with Crippen molar-refractivity contribution in [3.63, 3.8) is 0 Å².